The van der Waals surface area contributed by atoms with Gasteiger partial charge in [0.2, 0.25) is 0 Å². The highest BCUT2D eigenvalue weighted by molar-refractivity contribution is 4.74. The fourth-order valence-corrected chi connectivity index (χ4v) is 6.42. The van der Waals surface area contributed by atoms with Crippen molar-refractivity contribution in [2.75, 3.05) is 26.4 Å². The van der Waals surface area contributed by atoms with Gasteiger partial charge in [0.15, 0.2) is 0 Å². The molecule has 0 heterocycles. The molecule has 0 radical (unpaired) electrons. The molecule has 47 heavy (non-hydrogen) atoms. The molecule has 0 saturated carbocycles. The lowest BCUT2D eigenvalue weighted by Crippen LogP contribution is -2.52. The predicted molar refractivity (Wildman–Crippen MR) is 206 cm³/mol. The summed E-state index contributed by atoms with van der Waals surface area (Å²) in [5.74, 6) is -1.08. The molecular formula is C43H88O4. The van der Waals surface area contributed by atoms with E-state index in [2.05, 4.69) is 34.6 Å². The van der Waals surface area contributed by atoms with Gasteiger partial charge in [-0.2, -0.15) is 0 Å². The van der Waals surface area contributed by atoms with Crippen LogP contribution in [0.4, 0.5) is 0 Å². The summed E-state index contributed by atoms with van der Waals surface area (Å²) in [6.07, 6.45) is 40.4. The Hall–Kier alpha value is -0.160. The van der Waals surface area contributed by atoms with Crippen molar-refractivity contribution in [3.63, 3.8) is 0 Å². The Bertz CT molecular complexity index is 570. The second kappa shape index (κ2) is 38.6. The Labute approximate surface area is 297 Å². The Kier molecular flexibility index (Phi) is 38.5. The van der Waals surface area contributed by atoms with Crippen molar-refractivity contribution in [1.29, 1.82) is 0 Å². The average molecular weight is 669 g/mol. The van der Waals surface area contributed by atoms with Crippen LogP contribution in [-0.4, -0.2) is 38.5 Å². The van der Waals surface area contributed by atoms with Crippen molar-refractivity contribution in [3.05, 3.63) is 0 Å². The highest BCUT2D eigenvalue weighted by Crippen LogP contribution is 2.30. The van der Waals surface area contributed by atoms with Crippen molar-refractivity contribution < 1.29 is 18.9 Å². The second-order valence-corrected chi connectivity index (χ2v) is 14.5. The molecule has 0 N–H and O–H groups in total. The fraction of sp³-hybridized carbons (Fsp3) is 1.00. The lowest BCUT2D eigenvalue weighted by molar-refractivity contribution is -0.419. The lowest BCUT2D eigenvalue weighted by Gasteiger charge is -2.39. The van der Waals surface area contributed by atoms with Crippen molar-refractivity contribution in [3.8, 4) is 0 Å². The molecule has 0 aromatic carbocycles. The first-order valence-electron chi connectivity index (χ1n) is 21.7. The molecule has 284 valence electrons. The number of ether oxygens (including phenoxy) is 4. The molecule has 0 rings (SSSR count). The molecule has 4 heteroatoms. The van der Waals surface area contributed by atoms with Crippen LogP contribution in [0.15, 0.2) is 0 Å². The third-order valence-electron chi connectivity index (χ3n) is 9.68. The van der Waals surface area contributed by atoms with Crippen LogP contribution >= 0.6 is 0 Å². The van der Waals surface area contributed by atoms with Crippen LogP contribution in [0.1, 0.15) is 240 Å². The standard InChI is InChI=1S/C43H88O4/c1-6-11-16-20-23-25-27-29-32-36-41-47-43(45-39-34-19-14-9-4,46-40-35-31-22-18-13-8-3)42(44-38-15-10-5)37-33-30-28-26-24-21-17-12-7-2/h42H,6-41H2,1-5H3. The van der Waals surface area contributed by atoms with Gasteiger partial charge >= 0.3 is 5.97 Å². The van der Waals surface area contributed by atoms with Gasteiger partial charge < -0.3 is 18.9 Å². The van der Waals surface area contributed by atoms with E-state index in [0.29, 0.717) is 19.8 Å². The molecular weight excluding hydrogens is 580 g/mol. The fourth-order valence-electron chi connectivity index (χ4n) is 6.42. The summed E-state index contributed by atoms with van der Waals surface area (Å²) in [6, 6.07) is 0. The maximum atomic E-state index is 6.81. The Morgan fingerprint density at radius 3 is 0.915 bits per heavy atom. The first-order chi connectivity index (χ1) is 23.2. The average Bonchev–Trinajstić information content (AvgIpc) is 3.08. The molecule has 0 spiro atoms. The molecule has 2 atom stereocenters. The van der Waals surface area contributed by atoms with Gasteiger partial charge in [-0.15, -0.1) is 0 Å². The molecule has 0 saturated heterocycles. The van der Waals surface area contributed by atoms with Crippen LogP contribution < -0.4 is 0 Å². The predicted octanol–water partition coefficient (Wildman–Crippen LogP) is 14.7. The summed E-state index contributed by atoms with van der Waals surface area (Å²) in [5, 5.41) is 0. The van der Waals surface area contributed by atoms with E-state index in [4.69, 9.17) is 18.9 Å². The van der Waals surface area contributed by atoms with Crippen molar-refractivity contribution in [2.45, 2.75) is 252 Å². The van der Waals surface area contributed by atoms with E-state index >= 15 is 0 Å². The number of hydrogen-bond donors (Lipinski definition) is 0. The molecule has 0 bridgehead atoms. The largest absolute Gasteiger partial charge is 0.370 e. The van der Waals surface area contributed by atoms with Gasteiger partial charge in [0, 0.05) is 6.61 Å². The SMILES string of the molecule is CCCCCCCCCCCCOC(OCCCCCC)(OCCCCCCCC)C(CCCCCCCCCCC)OCCCC. The third-order valence-corrected chi connectivity index (χ3v) is 9.68. The summed E-state index contributed by atoms with van der Waals surface area (Å²) in [4.78, 5) is 0. The summed E-state index contributed by atoms with van der Waals surface area (Å²) in [6.45, 7) is 14.2. The number of unbranched alkanes of at least 4 members (excludes halogenated alkanes) is 26. The van der Waals surface area contributed by atoms with Crippen LogP contribution in [0.2, 0.25) is 0 Å². The van der Waals surface area contributed by atoms with Crippen LogP contribution in [-0.2, 0) is 18.9 Å². The molecule has 0 aliphatic carbocycles. The molecule has 0 aromatic rings. The van der Waals surface area contributed by atoms with Crippen LogP contribution in [0.25, 0.3) is 0 Å². The summed E-state index contributed by atoms with van der Waals surface area (Å²) in [7, 11) is 0. The summed E-state index contributed by atoms with van der Waals surface area (Å²) >= 11 is 0. The van der Waals surface area contributed by atoms with Gasteiger partial charge in [-0.3, -0.25) is 0 Å². The van der Waals surface area contributed by atoms with E-state index in [1.807, 2.05) is 0 Å². The first kappa shape index (κ1) is 46.8. The quantitative estimate of drug-likeness (QED) is 0.0480. The van der Waals surface area contributed by atoms with Crippen LogP contribution in [0.3, 0.4) is 0 Å². The zero-order valence-electron chi connectivity index (χ0n) is 33.2. The van der Waals surface area contributed by atoms with Gasteiger partial charge in [0.1, 0.15) is 6.10 Å². The molecule has 4 nitrogen and oxygen atoms in total. The van der Waals surface area contributed by atoms with E-state index < -0.39 is 5.97 Å². The maximum Gasteiger partial charge on any atom is 0.310 e. The highest BCUT2D eigenvalue weighted by Gasteiger charge is 2.43. The summed E-state index contributed by atoms with van der Waals surface area (Å²) < 4.78 is 27.1. The zero-order valence-corrected chi connectivity index (χ0v) is 33.2. The second-order valence-electron chi connectivity index (χ2n) is 14.5. The van der Waals surface area contributed by atoms with Gasteiger partial charge in [0.25, 0.3) is 0 Å². The first-order valence-corrected chi connectivity index (χ1v) is 21.7. The molecule has 0 aromatic heterocycles. The van der Waals surface area contributed by atoms with E-state index in [9.17, 15) is 0 Å². The van der Waals surface area contributed by atoms with E-state index in [1.165, 1.54) is 161 Å². The van der Waals surface area contributed by atoms with Gasteiger partial charge in [0.05, 0.1) is 19.8 Å². The maximum absolute atomic E-state index is 6.81. The van der Waals surface area contributed by atoms with E-state index in [1.54, 1.807) is 0 Å². The number of rotatable bonds is 41. The zero-order chi connectivity index (χ0) is 34.4. The van der Waals surface area contributed by atoms with Crippen molar-refractivity contribution >= 4 is 0 Å². The van der Waals surface area contributed by atoms with E-state index in [-0.39, 0.29) is 6.10 Å². The van der Waals surface area contributed by atoms with Gasteiger partial charge in [-0.1, -0.05) is 208 Å². The van der Waals surface area contributed by atoms with Crippen LogP contribution in [0, 0.1) is 0 Å². The van der Waals surface area contributed by atoms with E-state index in [0.717, 1.165) is 51.6 Å². The minimum Gasteiger partial charge on any atom is -0.370 e. The van der Waals surface area contributed by atoms with Crippen molar-refractivity contribution in [1.82, 2.24) is 0 Å². The summed E-state index contributed by atoms with van der Waals surface area (Å²) in [5.41, 5.74) is 0. The Morgan fingerprint density at radius 1 is 0.298 bits per heavy atom. The van der Waals surface area contributed by atoms with Gasteiger partial charge in [-0.25, -0.2) is 0 Å². The topological polar surface area (TPSA) is 36.9 Å². The third kappa shape index (κ3) is 30.4. The minimum absolute atomic E-state index is 0.173. The Morgan fingerprint density at radius 2 is 0.574 bits per heavy atom. The normalized spacial score (nSPS) is 13.7. The molecule has 0 amide bonds. The van der Waals surface area contributed by atoms with Crippen molar-refractivity contribution in [2.24, 2.45) is 0 Å². The van der Waals surface area contributed by atoms with Gasteiger partial charge in [-0.05, 0) is 32.1 Å². The minimum atomic E-state index is -1.08. The molecule has 0 fully saturated rings. The highest BCUT2D eigenvalue weighted by atomic mass is 16.9. The van der Waals surface area contributed by atoms with Crippen LogP contribution in [0.5, 0.6) is 0 Å². The molecule has 0 aliphatic heterocycles. The monoisotopic (exact) mass is 669 g/mol. The number of hydrogen-bond acceptors (Lipinski definition) is 4. The Balaban J connectivity index is 5.37. The lowest BCUT2D eigenvalue weighted by atomic mass is 10.0. The molecule has 2 unspecified atom stereocenters. The molecule has 0 aliphatic rings. The smallest absolute Gasteiger partial charge is 0.310 e.